The van der Waals surface area contributed by atoms with Crippen LogP contribution in [0.1, 0.15) is 37.3 Å². The van der Waals surface area contributed by atoms with E-state index in [9.17, 15) is 0 Å². The maximum atomic E-state index is 5.93. The summed E-state index contributed by atoms with van der Waals surface area (Å²) >= 11 is 0. The highest BCUT2D eigenvalue weighted by atomic mass is 16.5. The van der Waals surface area contributed by atoms with Crippen molar-refractivity contribution in [3.63, 3.8) is 0 Å². The maximum Gasteiger partial charge on any atom is 0.122 e. The summed E-state index contributed by atoms with van der Waals surface area (Å²) in [5, 5.41) is 3.51. The van der Waals surface area contributed by atoms with Crippen LogP contribution < -0.4 is 10.1 Å². The Hall–Kier alpha value is -1.06. The first-order valence-corrected chi connectivity index (χ1v) is 6.99. The summed E-state index contributed by atoms with van der Waals surface area (Å²) in [7, 11) is 0. The number of rotatable bonds is 3. The van der Waals surface area contributed by atoms with Crippen LogP contribution in [0.4, 0.5) is 0 Å². The lowest BCUT2D eigenvalue weighted by atomic mass is 10.1. The third-order valence-corrected chi connectivity index (χ3v) is 3.76. The van der Waals surface area contributed by atoms with Gasteiger partial charge in [-0.2, -0.15) is 0 Å². The minimum atomic E-state index is 0.231. The van der Waals surface area contributed by atoms with E-state index in [1.807, 2.05) is 0 Å². The van der Waals surface area contributed by atoms with Crippen LogP contribution in [-0.2, 0) is 4.74 Å². The lowest BCUT2D eigenvalue weighted by Gasteiger charge is -2.23. The lowest BCUT2D eigenvalue weighted by molar-refractivity contribution is 0.00742. The normalized spacial score (nSPS) is 28.2. The Labute approximate surface area is 108 Å². The molecule has 2 unspecified atom stereocenters. The minimum absolute atomic E-state index is 0.231. The second kappa shape index (κ2) is 5.72. The molecule has 0 radical (unpaired) electrons. The molecule has 1 N–H and O–H groups in total. The van der Waals surface area contributed by atoms with Gasteiger partial charge in [-0.3, -0.25) is 0 Å². The van der Waals surface area contributed by atoms with Gasteiger partial charge < -0.3 is 14.8 Å². The van der Waals surface area contributed by atoms with Crippen LogP contribution in [0.5, 0.6) is 5.75 Å². The number of hydrogen-bond acceptors (Lipinski definition) is 3. The Bertz CT molecular complexity index is 365. The molecule has 2 fully saturated rings. The van der Waals surface area contributed by atoms with Crippen molar-refractivity contribution in [3.05, 3.63) is 29.8 Å². The monoisotopic (exact) mass is 247 g/mol. The van der Waals surface area contributed by atoms with Gasteiger partial charge in [-0.25, -0.2) is 0 Å². The third kappa shape index (κ3) is 2.85. The molecule has 2 aliphatic rings. The average molecular weight is 247 g/mol. The summed E-state index contributed by atoms with van der Waals surface area (Å²) in [6.07, 6.45) is 4.97. The van der Waals surface area contributed by atoms with Crippen molar-refractivity contribution in [1.29, 1.82) is 0 Å². The van der Waals surface area contributed by atoms with E-state index in [0.29, 0.717) is 6.04 Å². The Morgan fingerprint density at radius 2 is 2.00 bits per heavy atom. The Morgan fingerprint density at radius 1 is 1.11 bits per heavy atom. The van der Waals surface area contributed by atoms with E-state index in [1.165, 1.54) is 18.4 Å². The molecule has 3 rings (SSSR count). The quantitative estimate of drug-likeness (QED) is 0.890. The third-order valence-electron chi connectivity index (χ3n) is 3.76. The van der Waals surface area contributed by atoms with Gasteiger partial charge in [0.25, 0.3) is 0 Å². The molecule has 18 heavy (non-hydrogen) atoms. The smallest absolute Gasteiger partial charge is 0.122 e. The molecule has 2 saturated heterocycles. The largest absolute Gasteiger partial charge is 0.488 e. The molecule has 98 valence electrons. The molecule has 0 bridgehead atoms. The maximum absolute atomic E-state index is 5.93. The molecule has 1 aromatic carbocycles. The lowest BCUT2D eigenvalue weighted by Crippen LogP contribution is -2.27. The zero-order chi connectivity index (χ0) is 12.2. The van der Waals surface area contributed by atoms with Gasteiger partial charge in [0.2, 0.25) is 0 Å². The van der Waals surface area contributed by atoms with Crippen LogP contribution in [-0.4, -0.2) is 25.9 Å². The van der Waals surface area contributed by atoms with E-state index >= 15 is 0 Å². The number of ether oxygens (including phenoxy) is 2. The van der Waals surface area contributed by atoms with Crippen LogP contribution in [0.15, 0.2) is 24.3 Å². The predicted molar refractivity (Wildman–Crippen MR) is 70.9 cm³/mol. The summed E-state index contributed by atoms with van der Waals surface area (Å²) < 4.78 is 11.4. The van der Waals surface area contributed by atoms with E-state index in [-0.39, 0.29) is 6.10 Å². The van der Waals surface area contributed by atoms with Gasteiger partial charge in [0.05, 0.1) is 6.61 Å². The van der Waals surface area contributed by atoms with Gasteiger partial charge in [-0.05, 0) is 49.9 Å². The van der Waals surface area contributed by atoms with Crippen molar-refractivity contribution < 1.29 is 9.47 Å². The number of benzene rings is 1. The van der Waals surface area contributed by atoms with Crippen LogP contribution in [0.3, 0.4) is 0 Å². The van der Waals surface area contributed by atoms with Crippen LogP contribution in [0.25, 0.3) is 0 Å². The number of hydrogen-bond donors (Lipinski definition) is 1. The van der Waals surface area contributed by atoms with Gasteiger partial charge in [0.1, 0.15) is 11.9 Å². The first-order valence-electron chi connectivity index (χ1n) is 6.99. The Kier molecular flexibility index (Phi) is 3.81. The van der Waals surface area contributed by atoms with E-state index < -0.39 is 0 Å². The Morgan fingerprint density at radius 3 is 2.67 bits per heavy atom. The van der Waals surface area contributed by atoms with Gasteiger partial charge in [-0.15, -0.1) is 0 Å². The number of nitrogens with one attached hydrogen (secondary N) is 1. The fourth-order valence-corrected chi connectivity index (χ4v) is 2.74. The zero-order valence-corrected chi connectivity index (χ0v) is 10.7. The van der Waals surface area contributed by atoms with Crippen LogP contribution in [0, 0.1) is 0 Å². The van der Waals surface area contributed by atoms with E-state index in [1.54, 1.807) is 0 Å². The summed E-state index contributed by atoms with van der Waals surface area (Å²) in [6, 6.07) is 9.08. The first kappa shape index (κ1) is 12.0. The second-order valence-electron chi connectivity index (χ2n) is 5.17. The Balaban J connectivity index is 1.59. The van der Waals surface area contributed by atoms with Crippen molar-refractivity contribution in [1.82, 2.24) is 5.32 Å². The molecule has 1 aromatic rings. The highest BCUT2D eigenvalue weighted by molar-refractivity contribution is 5.29. The summed E-state index contributed by atoms with van der Waals surface area (Å²) in [4.78, 5) is 0. The van der Waals surface area contributed by atoms with E-state index in [4.69, 9.17) is 9.47 Å². The van der Waals surface area contributed by atoms with E-state index in [2.05, 4.69) is 29.6 Å². The van der Waals surface area contributed by atoms with Crippen molar-refractivity contribution in [2.45, 2.75) is 37.8 Å². The summed E-state index contributed by atoms with van der Waals surface area (Å²) in [5.74, 6) is 0.965. The second-order valence-corrected chi connectivity index (χ2v) is 5.17. The fraction of sp³-hybridized carbons (Fsp3) is 0.600. The highest BCUT2D eigenvalue weighted by Gasteiger charge is 2.17. The van der Waals surface area contributed by atoms with Crippen LogP contribution >= 0.6 is 0 Å². The van der Waals surface area contributed by atoms with Gasteiger partial charge in [-0.1, -0.05) is 12.1 Å². The zero-order valence-electron chi connectivity index (χ0n) is 10.7. The van der Waals surface area contributed by atoms with E-state index in [0.717, 1.165) is 38.3 Å². The van der Waals surface area contributed by atoms with Crippen molar-refractivity contribution in [2.24, 2.45) is 0 Å². The molecular weight excluding hydrogens is 226 g/mol. The molecule has 0 amide bonds. The van der Waals surface area contributed by atoms with Gasteiger partial charge >= 0.3 is 0 Å². The molecule has 2 heterocycles. The minimum Gasteiger partial charge on any atom is -0.488 e. The predicted octanol–water partition coefficient (Wildman–Crippen LogP) is 2.67. The molecule has 0 saturated carbocycles. The van der Waals surface area contributed by atoms with Crippen molar-refractivity contribution >= 4 is 0 Å². The molecule has 3 heteroatoms. The van der Waals surface area contributed by atoms with Crippen molar-refractivity contribution in [3.8, 4) is 5.75 Å². The molecule has 0 aromatic heterocycles. The molecule has 0 aliphatic carbocycles. The molecule has 0 spiro atoms. The standard InChI is InChI=1S/C15H21NO2/c1-4-15(16-9-1)12-5-7-13(8-6-12)18-14-3-2-10-17-11-14/h5-8,14-16H,1-4,9-11H2. The SMILES string of the molecule is c1cc(C2CCCN2)ccc1OC1CCCOC1. The molecule has 3 nitrogen and oxygen atoms in total. The highest BCUT2D eigenvalue weighted by Crippen LogP contribution is 2.25. The topological polar surface area (TPSA) is 30.5 Å². The van der Waals surface area contributed by atoms with Gasteiger partial charge in [0, 0.05) is 12.6 Å². The summed E-state index contributed by atoms with van der Waals surface area (Å²) in [6.45, 7) is 2.75. The molecule has 2 atom stereocenters. The van der Waals surface area contributed by atoms with Crippen LogP contribution in [0.2, 0.25) is 0 Å². The fourth-order valence-electron chi connectivity index (χ4n) is 2.74. The summed E-state index contributed by atoms with van der Waals surface area (Å²) in [5.41, 5.74) is 1.37. The van der Waals surface area contributed by atoms with Crippen molar-refractivity contribution in [2.75, 3.05) is 19.8 Å². The molecule has 2 aliphatic heterocycles. The molecular formula is C15H21NO2. The van der Waals surface area contributed by atoms with Gasteiger partial charge in [0.15, 0.2) is 0 Å². The average Bonchev–Trinajstić information content (AvgIpc) is 2.95. The first-order chi connectivity index (χ1) is 8.92.